The normalized spacial score (nSPS) is 18.1. The Morgan fingerprint density at radius 1 is 1.16 bits per heavy atom. The highest BCUT2D eigenvalue weighted by Gasteiger charge is 2.28. The van der Waals surface area contributed by atoms with E-state index in [4.69, 9.17) is 9.72 Å². The molecule has 166 valence electrons. The number of aromatic nitrogens is 2. The lowest BCUT2D eigenvalue weighted by atomic mass is 10.1. The Morgan fingerprint density at radius 3 is 2.84 bits per heavy atom. The van der Waals surface area contributed by atoms with Crippen molar-refractivity contribution in [1.82, 2.24) is 19.4 Å². The quantitative estimate of drug-likeness (QED) is 0.614. The third kappa shape index (κ3) is 3.24. The number of thiophene rings is 1. The monoisotopic (exact) mass is 450 g/mol. The summed E-state index contributed by atoms with van der Waals surface area (Å²) in [6.45, 7) is 7.38. The second kappa shape index (κ2) is 7.71. The highest BCUT2D eigenvalue weighted by molar-refractivity contribution is 7.20. The van der Waals surface area contributed by atoms with Crippen LogP contribution in [-0.2, 0) is 25.9 Å². The van der Waals surface area contributed by atoms with Crippen LogP contribution in [0.15, 0.2) is 23.0 Å². The Hall–Kier alpha value is -2.71. The third-order valence-electron chi connectivity index (χ3n) is 6.93. The molecule has 0 bridgehead atoms. The van der Waals surface area contributed by atoms with Crippen LogP contribution in [-0.4, -0.2) is 58.0 Å². The van der Waals surface area contributed by atoms with Crippen molar-refractivity contribution < 1.29 is 9.53 Å². The van der Waals surface area contributed by atoms with Gasteiger partial charge in [0.25, 0.3) is 11.5 Å². The molecule has 7 nitrogen and oxygen atoms in total. The number of benzene rings is 1. The molecule has 1 amide bonds. The van der Waals surface area contributed by atoms with Crippen molar-refractivity contribution in [3.8, 4) is 5.75 Å². The number of hydrogen-bond acceptors (Lipinski definition) is 6. The van der Waals surface area contributed by atoms with Crippen molar-refractivity contribution in [2.24, 2.45) is 0 Å². The maximum absolute atomic E-state index is 13.3. The number of nitrogens with zero attached hydrogens (tertiary/aromatic N) is 4. The fourth-order valence-electron chi connectivity index (χ4n) is 5.13. The van der Waals surface area contributed by atoms with Gasteiger partial charge in [-0.1, -0.05) is 12.1 Å². The van der Waals surface area contributed by atoms with Crippen molar-refractivity contribution in [2.75, 3.05) is 32.8 Å². The van der Waals surface area contributed by atoms with Gasteiger partial charge in [-0.2, -0.15) is 0 Å². The minimum absolute atomic E-state index is 0.0138. The number of aryl methyl sites for hydroxylation is 2. The van der Waals surface area contributed by atoms with Crippen molar-refractivity contribution >= 4 is 27.5 Å². The Balaban J connectivity index is 1.16. The highest BCUT2D eigenvalue weighted by atomic mass is 32.1. The zero-order valence-electron chi connectivity index (χ0n) is 18.2. The third-order valence-corrected chi connectivity index (χ3v) is 8.10. The number of carbonyl (C=O) groups excluding carboxylic acids is 1. The smallest absolute Gasteiger partial charge is 0.264 e. The number of hydrogen-bond donors (Lipinski definition) is 0. The molecule has 0 spiro atoms. The van der Waals surface area contributed by atoms with E-state index in [2.05, 4.69) is 23.1 Å². The maximum Gasteiger partial charge on any atom is 0.264 e. The first-order chi connectivity index (χ1) is 15.6. The van der Waals surface area contributed by atoms with E-state index in [-0.39, 0.29) is 11.5 Å². The van der Waals surface area contributed by atoms with Gasteiger partial charge in [0.1, 0.15) is 16.4 Å². The lowest BCUT2D eigenvalue weighted by Crippen LogP contribution is -2.48. The molecule has 2 aromatic heterocycles. The molecule has 0 unspecified atom stereocenters. The number of piperazine rings is 1. The van der Waals surface area contributed by atoms with Crippen LogP contribution in [0.2, 0.25) is 0 Å². The van der Waals surface area contributed by atoms with Crippen LogP contribution in [0.4, 0.5) is 0 Å². The highest BCUT2D eigenvalue weighted by Crippen LogP contribution is 2.30. The molecule has 1 aromatic carbocycles. The zero-order valence-corrected chi connectivity index (χ0v) is 19.0. The van der Waals surface area contributed by atoms with Crippen LogP contribution in [0, 0.1) is 6.92 Å². The van der Waals surface area contributed by atoms with E-state index in [1.165, 1.54) is 22.5 Å². The van der Waals surface area contributed by atoms with E-state index in [9.17, 15) is 9.59 Å². The predicted octanol–water partition coefficient (Wildman–Crippen LogP) is 2.61. The van der Waals surface area contributed by atoms with Crippen LogP contribution in [0.5, 0.6) is 5.75 Å². The van der Waals surface area contributed by atoms with Gasteiger partial charge in [0.05, 0.1) is 16.9 Å². The minimum Gasteiger partial charge on any atom is -0.493 e. The molecule has 0 atom stereocenters. The van der Waals surface area contributed by atoms with Gasteiger partial charge in [-0.15, -0.1) is 11.3 Å². The van der Waals surface area contributed by atoms with Crippen molar-refractivity contribution in [1.29, 1.82) is 0 Å². The fraction of sp³-hybridized carbons (Fsp3) is 0.458. The fourth-order valence-corrected chi connectivity index (χ4v) is 6.29. The number of amides is 1. The van der Waals surface area contributed by atoms with Crippen LogP contribution in [0.3, 0.4) is 0 Å². The second-order valence-corrected chi connectivity index (χ2v) is 9.93. The van der Waals surface area contributed by atoms with Gasteiger partial charge in [0.15, 0.2) is 0 Å². The molecule has 1 fully saturated rings. The number of ether oxygens (including phenoxy) is 1. The van der Waals surface area contributed by atoms with Crippen LogP contribution < -0.4 is 10.3 Å². The first-order valence-corrected chi connectivity index (χ1v) is 12.2. The van der Waals surface area contributed by atoms with Gasteiger partial charge in [-0.3, -0.25) is 19.1 Å². The van der Waals surface area contributed by atoms with Crippen molar-refractivity contribution in [3.63, 3.8) is 0 Å². The average molecular weight is 451 g/mol. The molecule has 1 saturated heterocycles. The second-order valence-electron chi connectivity index (χ2n) is 8.93. The van der Waals surface area contributed by atoms with Gasteiger partial charge in [-0.25, -0.2) is 4.98 Å². The molecule has 0 saturated carbocycles. The molecule has 3 aliphatic heterocycles. The zero-order chi connectivity index (χ0) is 21.8. The lowest BCUT2D eigenvalue weighted by molar-refractivity contribution is 0.0632. The summed E-state index contributed by atoms with van der Waals surface area (Å²) in [6.07, 6.45) is 2.79. The van der Waals surface area contributed by atoms with Gasteiger partial charge in [-0.05, 0) is 36.1 Å². The molecule has 5 heterocycles. The summed E-state index contributed by atoms with van der Waals surface area (Å²) in [4.78, 5) is 36.7. The first-order valence-electron chi connectivity index (χ1n) is 11.4. The summed E-state index contributed by atoms with van der Waals surface area (Å²) in [5.41, 5.74) is 3.40. The molecular weight excluding hydrogens is 424 g/mol. The maximum atomic E-state index is 13.3. The minimum atomic E-state index is 0.0138. The van der Waals surface area contributed by atoms with Gasteiger partial charge in [0, 0.05) is 52.1 Å². The van der Waals surface area contributed by atoms with Crippen LogP contribution >= 0.6 is 11.3 Å². The summed E-state index contributed by atoms with van der Waals surface area (Å²) in [5, 5.41) is 0.628. The van der Waals surface area contributed by atoms with Gasteiger partial charge >= 0.3 is 0 Å². The van der Waals surface area contributed by atoms with Crippen molar-refractivity contribution in [3.05, 3.63) is 55.9 Å². The molecule has 8 heteroatoms. The Labute approximate surface area is 190 Å². The topological polar surface area (TPSA) is 67.7 Å². The van der Waals surface area contributed by atoms with E-state index in [0.29, 0.717) is 28.2 Å². The summed E-state index contributed by atoms with van der Waals surface area (Å²) in [5.74, 6) is 1.90. The Kier molecular flexibility index (Phi) is 4.80. The SMILES string of the molecule is Cc1c(C(=O)N2CCN(Cc3ccc4c(c3)CCO4)CC2)sc2nc3n(c(=O)c12)CCC3. The Bertz CT molecular complexity index is 1290. The van der Waals surface area contributed by atoms with E-state index in [1.54, 1.807) is 4.57 Å². The molecule has 6 rings (SSSR count). The van der Waals surface area contributed by atoms with E-state index >= 15 is 0 Å². The predicted molar refractivity (Wildman–Crippen MR) is 124 cm³/mol. The molecular formula is C24H26N4O3S. The molecule has 3 aromatic rings. The summed E-state index contributed by atoms with van der Waals surface area (Å²) < 4.78 is 7.38. The average Bonchev–Trinajstić information content (AvgIpc) is 3.53. The molecule has 0 radical (unpaired) electrons. The van der Waals surface area contributed by atoms with Crippen molar-refractivity contribution in [2.45, 2.75) is 39.3 Å². The summed E-state index contributed by atoms with van der Waals surface area (Å²) in [7, 11) is 0. The van der Waals surface area contributed by atoms with Crippen LogP contribution in [0.25, 0.3) is 10.2 Å². The summed E-state index contributed by atoms with van der Waals surface area (Å²) >= 11 is 1.38. The summed E-state index contributed by atoms with van der Waals surface area (Å²) in [6, 6.07) is 6.47. The Morgan fingerprint density at radius 2 is 2.00 bits per heavy atom. The molecule has 32 heavy (non-hydrogen) atoms. The number of rotatable bonds is 3. The number of carbonyl (C=O) groups is 1. The van der Waals surface area contributed by atoms with Gasteiger partial charge in [0.2, 0.25) is 0 Å². The van der Waals surface area contributed by atoms with E-state index < -0.39 is 0 Å². The van der Waals surface area contributed by atoms with Gasteiger partial charge < -0.3 is 9.64 Å². The molecule has 0 aliphatic carbocycles. The number of fused-ring (bicyclic) bond motifs is 3. The molecule has 0 N–H and O–H groups in total. The molecule has 3 aliphatic rings. The standard InChI is InChI=1S/C24H26N4O3S/c1-15-20-22(25-19-3-2-7-28(19)23(20)29)32-21(15)24(30)27-10-8-26(9-11-27)14-16-4-5-18-17(13-16)6-12-31-18/h4-5,13H,2-3,6-12,14H2,1H3. The largest absolute Gasteiger partial charge is 0.493 e. The van der Waals surface area contributed by atoms with E-state index in [0.717, 1.165) is 69.2 Å². The lowest BCUT2D eigenvalue weighted by Gasteiger charge is -2.34. The first kappa shape index (κ1) is 19.9. The van der Waals surface area contributed by atoms with Crippen LogP contribution in [0.1, 0.15) is 38.6 Å². The van der Waals surface area contributed by atoms with E-state index in [1.807, 2.05) is 11.8 Å².